The maximum Gasteiger partial charge on any atom is 0.186 e. The fourth-order valence-electron chi connectivity index (χ4n) is 0.828. The number of ether oxygens (including phenoxy) is 1. The van der Waals surface area contributed by atoms with E-state index >= 15 is 0 Å². The summed E-state index contributed by atoms with van der Waals surface area (Å²) in [6, 6.07) is 0. The molecule has 0 atom stereocenters. The third kappa shape index (κ3) is 1.46. The molecule has 0 aliphatic carbocycles. The Balaban J connectivity index is 3.56. The largest absolute Gasteiger partial charge is 0.491 e. The van der Waals surface area contributed by atoms with Gasteiger partial charge in [0.1, 0.15) is 5.69 Å². The molecule has 2 nitrogen and oxygen atoms in total. The topological polar surface area (TPSA) is 35.2 Å². The van der Waals surface area contributed by atoms with E-state index in [9.17, 15) is 13.2 Å². The van der Waals surface area contributed by atoms with Gasteiger partial charge in [0, 0.05) is 0 Å². The van der Waals surface area contributed by atoms with Crippen molar-refractivity contribution in [1.29, 1.82) is 0 Å². The number of rotatable bonds is 1. The molecule has 1 aromatic rings. The summed E-state index contributed by atoms with van der Waals surface area (Å²) in [4.78, 5) is 0. The summed E-state index contributed by atoms with van der Waals surface area (Å²) in [5.41, 5.74) is 4.38. The van der Waals surface area contributed by atoms with Crippen LogP contribution in [-0.2, 0) is 0 Å². The second-order valence-electron chi connectivity index (χ2n) is 2.20. The number of hydrogen-bond donors (Lipinski definition) is 1. The SMILES string of the molecule is COc1c(N)c(F)c(F)c(Br)c1F. The van der Waals surface area contributed by atoms with Gasteiger partial charge in [0.05, 0.1) is 11.6 Å². The van der Waals surface area contributed by atoms with E-state index in [0.29, 0.717) is 0 Å². The predicted molar refractivity (Wildman–Crippen MR) is 45.0 cm³/mol. The summed E-state index contributed by atoms with van der Waals surface area (Å²) in [5, 5.41) is 0. The molecule has 72 valence electrons. The molecule has 0 spiro atoms. The monoisotopic (exact) mass is 255 g/mol. The van der Waals surface area contributed by atoms with E-state index in [0.717, 1.165) is 7.11 Å². The normalized spacial score (nSPS) is 10.2. The summed E-state index contributed by atoms with van der Waals surface area (Å²) < 4.78 is 42.5. The summed E-state index contributed by atoms with van der Waals surface area (Å²) in [6.07, 6.45) is 0. The number of benzene rings is 1. The van der Waals surface area contributed by atoms with Crippen LogP contribution in [0.5, 0.6) is 5.75 Å². The molecule has 0 fully saturated rings. The van der Waals surface area contributed by atoms with Crippen LogP contribution in [-0.4, -0.2) is 7.11 Å². The van der Waals surface area contributed by atoms with Crippen LogP contribution in [0.1, 0.15) is 0 Å². The highest BCUT2D eigenvalue weighted by molar-refractivity contribution is 9.10. The Hall–Kier alpha value is -0.910. The van der Waals surface area contributed by atoms with E-state index in [-0.39, 0.29) is 0 Å². The molecule has 0 heterocycles. The highest BCUT2D eigenvalue weighted by atomic mass is 79.9. The lowest BCUT2D eigenvalue weighted by atomic mass is 10.2. The zero-order valence-electron chi connectivity index (χ0n) is 6.50. The van der Waals surface area contributed by atoms with Crippen LogP contribution in [0.4, 0.5) is 18.9 Å². The van der Waals surface area contributed by atoms with E-state index < -0.39 is 33.4 Å². The molecule has 1 rings (SSSR count). The molecule has 0 aliphatic rings. The summed E-state index contributed by atoms with van der Waals surface area (Å²) in [7, 11) is 1.11. The van der Waals surface area contributed by atoms with Gasteiger partial charge in [-0.15, -0.1) is 0 Å². The van der Waals surface area contributed by atoms with E-state index in [1.165, 1.54) is 0 Å². The third-order valence-corrected chi connectivity index (χ3v) is 2.16. The van der Waals surface area contributed by atoms with Crippen LogP contribution in [0.2, 0.25) is 0 Å². The lowest BCUT2D eigenvalue weighted by Crippen LogP contribution is -2.03. The molecule has 1 aromatic carbocycles. The summed E-state index contributed by atoms with van der Waals surface area (Å²) in [5.74, 6) is -4.26. The average Bonchev–Trinajstić information content (AvgIpc) is 2.13. The lowest BCUT2D eigenvalue weighted by Gasteiger charge is -2.08. The van der Waals surface area contributed by atoms with Gasteiger partial charge in [0.25, 0.3) is 0 Å². The number of halogens is 4. The van der Waals surface area contributed by atoms with Crippen molar-refractivity contribution in [3.63, 3.8) is 0 Å². The van der Waals surface area contributed by atoms with E-state index in [1.54, 1.807) is 0 Å². The van der Waals surface area contributed by atoms with Crippen molar-refractivity contribution >= 4 is 21.6 Å². The smallest absolute Gasteiger partial charge is 0.186 e. The molecule has 0 radical (unpaired) electrons. The minimum Gasteiger partial charge on any atom is -0.491 e. The van der Waals surface area contributed by atoms with Crippen molar-refractivity contribution < 1.29 is 17.9 Å². The zero-order valence-corrected chi connectivity index (χ0v) is 8.08. The van der Waals surface area contributed by atoms with Crippen molar-refractivity contribution in [3.8, 4) is 5.75 Å². The number of nitrogen functional groups attached to an aromatic ring is 1. The third-order valence-electron chi connectivity index (χ3n) is 1.46. The van der Waals surface area contributed by atoms with Crippen molar-refractivity contribution in [2.75, 3.05) is 12.8 Å². The Morgan fingerprint density at radius 3 is 2.15 bits per heavy atom. The van der Waals surface area contributed by atoms with Crippen molar-refractivity contribution in [1.82, 2.24) is 0 Å². The fourth-order valence-corrected chi connectivity index (χ4v) is 1.18. The fraction of sp³-hybridized carbons (Fsp3) is 0.143. The van der Waals surface area contributed by atoms with E-state index in [4.69, 9.17) is 5.73 Å². The maximum atomic E-state index is 13.0. The lowest BCUT2D eigenvalue weighted by molar-refractivity contribution is 0.377. The summed E-state index contributed by atoms with van der Waals surface area (Å²) in [6.45, 7) is 0. The number of nitrogens with two attached hydrogens (primary N) is 1. The van der Waals surface area contributed by atoms with Gasteiger partial charge in [0.15, 0.2) is 23.2 Å². The molecule has 0 bridgehead atoms. The molecule has 0 saturated heterocycles. The molecule has 0 aromatic heterocycles. The van der Waals surface area contributed by atoms with Gasteiger partial charge in [-0.2, -0.15) is 0 Å². The Morgan fingerprint density at radius 1 is 1.15 bits per heavy atom. The van der Waals surface area contributed by atoms with E-state index in [2.05, 4.69) is 20.7 Å². The predicted octanol–water partition coefficient (Wildman–Crippen LogP) is 2.46. The average molecular weight is 256 g/mol. The van der Waals surface area contributed by atoms with Crippen LogP contribution in [0.3, 0.4) is 0 Å². The molecular formula is C7H5BrF3NO. The van der Waals surface area contributed by atoms with Gasteiger partial charge in [-0.05, 0) is 15.9 Å². The Morgan fingerprint density at radius 2 is 1.69 bits per heavy atom. The van der Waals surface area contributed by atoms with E-state index in [1.807, 2.05) is 0 Å². The van der Waals surface area contributed by atoms with Crippen LogP contribution < -0.4 is 10.5 Å². The zero-order chi connectivity index (χ0) is 10.2. The van der Waals surface area contributed by atoms with Gasteiger partial charge >= 0.3 is 0 Å². The van der Waals surface area contributed by atoms with Gasteiger partial charge in [-0.25, -0.2) is 13.2 Å². The summed E-state index contributed by atoms with van der Waals surface area (Å²) >= 11 is 2.53. The second kappa shape index (κ2) is 3.45. The molecular weight excluding hydrogens is 251 g/mol. The molecule has 2 N–H and O–H groups in total. The molecule has 0 amide bonds. The standard InChI is InChI=1S/C7H5BrF3NO/c1-13-7-4(10)2(8)3(9)5(11)6(7)12/h12H2,1H3. The number of anilines is 1. The number of hydrogen-bond acceptors (Lipinski definition) is 2. The van der Waals surface area contributed by atoms with Crippen molar-refractivity contribution in [3.05, 3.63) is 21.9 Å². The highest BCUT2D eigenvalue weighted by Gasteiger charge is 2.22. The van der Waals surface area contributed by atoms with Gasteiger partial charge < -0.3 is 10.5 Å². The van der Waals surface area contributed by atoms with Gasteiger partial charge in [-0.1, -0.05) is 0 Å². The molecule has 0 saturated carbocycles. The minimum atomic E-state index is -1.36. The van der Waals surface area contributed by atoms with Crippen molar-refractivity contribution in [2.24, 2.45) is 0 Å². The maximum absolute atomic E-state index is 13.0. The van der Waals surface area contributed by atoms with Gasteiger partial charge in [-0.3, -0.25) is 0 Å². The Bertz CT molecular complexity index is 327. The highest BCUT2D eigenvalue weighted by Crippen LogP contribution is 2.35. The quantitative estimate of drug-likeness (QED) is 0.476. The van der Waals surface area contributed by atoms with Gasteiger partial charge in [0.2, 0.25) is 0 Å². The van der Waals surface area contributed by atoms with Crippen molar-refractivity contribution in [2.45, 2.75) is 0 Å². The first kappa shape index (κ1) is 10.2. The first-order chi connectivity index (χ1) is 6.00. The number of methoxy groups -OCH3 is 1. The molecule has 0 aliphatic heterocycles. The first-order valence-electron chi connectivity index (χ1n) is 3.16. The Labute approximate surface area is 80.6 Å². The minimum absolute atomic E-state index is 0.509. The molecule has 6 heteroatoms. The van der Waals surface area contributed by atoms with Crippen LogP contribution in [0.25, 0.3) is 0 Å². The molecule has 13 heavy (non-hydrogen) atoms. The van der Waals surface area contributed by atoms with Crippen LogP contribution in [0, 0.1) is 17.5 Å². The van der Waals surface area contributed by atoms with Crippen LogP contribution >= 0.6 is 15.9 Å². The Kier molecular flexibility index (Phi) is 2.70. The van der Waals surface area contributed by atoms with Crippen LogP contribution in [0.15, 0.2) is 4.47 Å². The molecule has 0 unspecified atom stereocenters. The second-order valence-corrected chi connectivity index (χ2v) is 3.00. The first-order valence-corrected chi connectivity index (χ1v) is 3.95.